The lowest BCUT2D eigenvalue weighted by molar-refractivity contribution is -0.136. The van der Waals surface area contributed by atoms with E-state index in [4.69, 9.17) is 9.47 Å². The first-order valence-corrected chi connectivity index (χ1v) is 8.81. The van der Waals surface area contributed by atoms with Crippen LogP contribution >= 0.6 is 0 Å². The lowest BCUT2D eigenvalue weighted by atomic mass is 10.2. The third kappa shape index (κ3) is 4.52. The van der Waals surface area contributed by atoms with Crippen LogP contribution in [0.1, 0.15) is 17.4 Å². The highest BCUT2D eigenvalue weighted by Gasteiger charge is 2.25. The SMILES string of the molecule is CCOC(=O)N1CCN(C(=O)COC(=O)c2ccc3ccccc3n2)CC1. The maximum atomic E-state index is 12.2. The molecular formula is C19H21N3O5. The number of hydrogen-bond acceptors (Lipinski definition) is 6. The summed E-state index contributed by atoms with van der Waals surface area (Å²) in [6.07, 6.45) is -0.376. The van der Waals surface area contributed by atoms with Crippen molar-refractivity contribution in [3.63, 3.8) is 0 Å². The molecule has 1 aliphatic heterocycles. The molecule has 8 heteroatoms. The topological polar surface area (TPSA) is 89.0 Å². The fourth-order valence-corrected chi connectivity index (χ4v) is 2.83. The number of esters is 1. The summed E-state index contributed by atoms with van der Waals surface area (Å²) < 4.78 is 10.0. The first kappa shape index (κ1) is 18.6. The second-order valence-corrected chi connectivity index (χ2v) is 6.03. The highest BCUT2D eigenvalue weighted by atomic mass is 16.6. The molecule has 2 amide bonds. The lowest BCUT2D eigenvalue weighted by Gasteiger charge is -2.33. The van der Waals surface area contributed by atoms with Gasteiger partial charge in [-0.2, -0.15) is 0 Å². The molecule has 0 unspecified atom stereocenters. The van der Waals surface area contributed by atoms with Crippen LogP contribution in [-0.4, -0.2) is 72.1 Å². The Morgan fingerprint density at radius 2 is 1.67 bits per heavy atom. The van der Waals surface area contributed by atoms with Crippen LogP contribution in [0.2, 0.25) is 0 Å². The number of benzene rings is 1. The molecule has 142 valence electrons. The van der Waals surface area contributed by atoms with Crippen molar-refractivity contribution in [1.82, 2.24) is 14.8 Å². The van der Waals surface area contributed by atoms with Crippen molar-refractivity contribution in [3.8, 4) is 0 Å². The number of fused-ring (bicyclic) bond motifs is 1. The van der Waals surface area contributed by atoms with Gasteiger partial charge < -0.3 is 19.3 Å². The van der Waals surface area contributed by atoms with Gasteiger partial charge in [0.25, 0.3) is 5.91 Å². The van der Waals surface area contributed by atoms with Crippen LogP contribution < -0.4 is 0 Å². The van der Waals surface area contributed by atoms with Gasteiger partial charge in [0.05, 0.1) is 12.1 Å². The van der Waals surface area contributed by atoms with Gasteiger partial charge in [-0.15, -0.1) is 0 Å². The molecule has 2 heterocycles. The van der Waals surface area contributed by atoms with Crippen molar-refractivity contribution in [3.05, 3.63) is 42.1 Å². The molecular weight excluding hydrogens is 350 g/mol. The number of amides is 2. The molecule has 0 saturated carbocycles. The average Bonchev–Trinajstić information content (AvgIpc) is 2.71. The maximum Gasteiger partial charge on any atom is 0.409 e. The summed E-state index contributed by atoms with van der Waals surface area (Å²) >= 11 is 0. The second-order valence-electron chi connectivity index (χ2n) is 6.03. The van der Waals surface area contributed by atoms with Gasteiger partial charge in [-0.3, -0.25) is 4.79 Å². The standard InChI is InChI=1S/C19H21N3O5/c1-2-26-19(25)22-11-9-21(10-12-22)17(23)13-27-18(24)16-8-7-14-5-3-4-6-15(14)20-16/h3-8H,2,9-13H2,1H3. The number of ether oxygens (including phenoxy) is 2. The Morgan fingerprint density at radius 1 is 0.963 bits per heavy atom. The van der Waals surface area contributed by atoms with Gasteiger partial charge >= 0.3 is 12.1 Å². The van der Waals surface area contributed by atoms with E-state index in [0.717, 1.165) is 5.39 Å². The minimum absolute atomic E-state index is 0.161. The molecule has 1 fully saturated rings. The van der Waals surface area contributed by atoms with Crippen LogP contribution in [0.4, 0.5) is 4.79 Å². The molecule has 1 aliphatic rings. The van der Waals surface area contributed by atoms with Gasteiger partial charge in [0.15, 0.2) is 6.61 Å². The number of aromatic nitrogens is 1. The minimum Gasteiger partial charge on any atom is -0.451 e. The van der Waals surface area contributed by atoms with E-state index < -0.39 is 5.97 Å². The van der Waals surface area contributed by atoms with Gasteiger partial charge in [-0.25, -0.2) is 14.6 Å². The fraction of sp³-hybridized carbons (Fsp3) is 0.368. The van der Waals surface area contributed by atoms with Crippen LogP contribution in [0.3, 0.4) is 0 Å². The molecule has 1 aromatic carbocycles. The Morgan fingerprint density at radius 3 is 2.41 bits per heavy atom. The van der Waals surface area contributed by atoms with E-state index in [1.807, 2.05) is 18.2 Å². The molecule has 0 N–H and O–H groups in total. The zero-order valence-electron chi connectivity index (χ0n) is 15.1. The van der Waals surface area contributed by atoms with Gasteiger partial charge in [-0.1, -0.05) is 24.3 Å². The van der Waals surface area contributed by atoms with Crippen LogP contribution in [0, 0.1) is 0 Å². The van der Waals surface area contributed by atoms with Crippen LogP contribution in [-0.2, 0) is 14.3 Å². The molecule has 27 heavy (non-hydrogen) atoms. The highest BCUT2D eigenvalue weighted by Crippen LogP contribution is 2.12. The number of para-hydroxylation sites is 1. The summed E-state index contributed by atoms with van der Waals surface area (Å²) in [5, 5.41) is 0.921. The third-order valence-electron chi connectivity index (χ3n) is 4.29. The quantitative estimate of drug-likeness (QED) is 0.760. The number of pyridine rings is 1. The van der Waals surface area contributed by atoms with Gasteiger partial charge in [0, 0.05) is 31.6 Å². The van der Waals surface area contributed by atoms with Gasteiger partial charge in [-0.05, 0) is 19.1 Å². The number of nitrogens with zero attached hydrogens (tertiary/aromatic N) is 3. The van der Waals surface area contributed by atoms with Crippen molar-refractivity contribution in [2.75, 3.05) is 39.4 Å². The number of carbonyl (C=O) groups excluding carboxylic acids is 3. The number of piperazine rings is 1. The Kier molecular flexibility index (Phi) is 5.85. The normalized spacial score (nSPS) is 14.1. The zero-order valence-corrected chi connectivity index (χ0v) is 15.1. The number of hydrogen-bond donors (Lipinski definition) is 0. The summed E-state index contributed by atoms with van der Waals surface area (Å²) in [5.41, 5.74) is 0.849. The highest BCUT2D eigenvalue weighted by molar-refractivity contribution is 5.92. The third-order valence-corrected chi connectivity index (χ3v) is 4.29. The predicted octanol–water partition coefficient (Wildman–Crippen LogP) is 1.69. The largest absolute Gasteiger partial charge is 0.451 e. The minimum atomic E-state index is -0.640. The molecule has 0 bridgehead atoms. The van der Waals surface area contributed by atoms with Crippen LogP contribution in [0.15, 0.2) is 36.4 Å². The van der Waals surface area contributed by atoms with E-state index in [-0.39, 0.29) is 24.3 Å². The molecule has 0 spiro atoms. The van der Waals surface area contributed by atoms with Crippen molar-refractivity contribution in [2.24, 2.45) is 0 Å². The summed E-state index contributed by atoms with van der Waals surface area (Å²) in [5.74, 6) is -0.938. The summed E-state index contributed by atoms with van der Waals surface area (Å²) in [6.45, 7) is 3.25. The molecule has 8 nitrogen and oxygen atoms in total. The van der Waals surface area contributed by atoms with Crippen molar-refractivity contribution >= 4 is 28.9 Å². The second kappa shape index (κ2) is 8.48. The van der Waals surface area contributed by atoms with Crippen LogP contribution in [0.25, 0.3) is 10.9 Å². The van der Waals surface area contributed by atoms with E-state index in [0.29, 0.717) is 38.3 Å². The summed E-state index contributed by atoms with van der Waals surface area (Å²) in [7, 11) is 0. The molecule has 1 saturated heterocycles. The lowest BCUT2D eigenvalue weighted by Crippen LogP contribution is -2.51. The molecule has 0 radical (unpaired) electrons. The summed E-state index contributed by atoms with van der Waals surface area (Å²) in [6, 6.07) is 10.8. The van der Waals surface area contributed by atoms with E-state index in [1.54, 1.807) is 34.9 Å². The Hall–Kier alpha value is -3.16. The Balaban J connectivity index is 1.50. The van der Waals surface area contributed by atoms with Crippen molar-refractivity contribution in [1.29, 1.82) is 0 Å². The van der Waals surface area contributed by atoms with E-state index in [9.17, 15) is 14.4 Å². The van der Waals surface area contributed by atoms with E-state index >= 15 is 0 Å². The maximum absolute atomic E-state index is 12.2. The summed E-state index contributed by atoms with van der Waals surface area (Å²) in [4.78, 5) is 43.4. The fourth-order valence-electron chi connectivity index (χ4n) is 2.83. The van der Waals surface area contributed by atoms with E-state index in [1.165, 1.54) is 0 Å². The molecule has 0 atom stereocenters. The first-order chi connectivity index (χ1) is 13.1. The van der Waals surface area contributed by atoms with Gasteiger partial charge in [0.1, 0.15) is 5.69 Å². The Bertz CT molecular complexity index is 846. The average molecular weight is 371 g/mol. The number of carbonyl (C=O) groups is 3. The van der Waals surface area contributed by atoms with Crippen molar-refractivity contribution in [2.45, 2.75) is 6.92 Å². The van der Waals surface area contributed by atoms with E-state index in [2.05, 4.69) is 4.98 Å². The van der Waals surface area contributed by atoms with Crippen molar-refractivity contribution < 1.29 is 23.9 Å². The molecule has 1 aromatic heterocycles. The smallest absolute Gasteiger partial charge is 0.409 e. The predicted molar refractivity (Wildman–Crippen MR) is 97.2 cm³/mol. The molecule has 2 aromatic rings. The molecule has 3 rings (SSSR count). The van der Waals surface area contributed by atoms with Gasteiger partial charge in [0.2, 0.25) is 0 Å². The first-order valence-electron chi connectivity index (χ1n) is 8.81. The zero-order chi connectivity index (χ0) is 19.2. The monoisotopic (exact) mass is 371 g/mol. The van der Waals surface area contributed by atoms with Crippen LogP contribution in [0.5, 0.6) is 0 Å². The molecule has 0 aliphatic carbocycles. The Labute approximate surface area is 156 Å². The number of rotatable bonds is 4.